The van der Waals surface area contributed by atoms with Crippen molar-refractivity contribution in [3.8, 4) is 5.75 Å². The van der Waals surface area contributed by atoms with Gasteiger partial charge in [-0.25, -0.2) is 9.18 Å². The lowest BCUT2D eigenvalue weighted by Crippen LogP contribution is -2.19. The highest BCUT2D eigenvalue weighted by Crippen LogP contribution is 2.17. The number of aromatic carboxylic acids is 1. The Morgan fingerprint density at radius 2 is 1.96 bits per heavy atom. The van der Waals surface area contributed by atoms with Gasteiger partial charge in [-0.1, -0.05) is 30.4 Å². The number of pyridine rings is 1. The maximum Gasteiger partial charge on any atom is 0.341 e. The van der Waals surface area contributed by atoms with Crippen molar-refractivity contribution in [2.45, 2.75) is 6.54 Å². The summed E-state index contributed by atoms with van der Waals surface area (Å²) in [7, 11) is 1.58. The number of methoxy groups -OCH3 is 1. The molecule has 6 heteroatoms. The average Bonchev–Trinajstić information content (AvgIpc) is 2.64. The van der Waals surface area contributed by atoms with Crippen molar-refractivity contribution >= 4 is 22.9 Å². The summed E-state index contributed by atoms with van der Waals surface area (Å²) in [5.74, 6) is -1.18. The van der Waals surface area contributed by atoms with Gasteiger partial charge < -0.3 is 14.4 Å². The molecule has 0 saturated carbocycles. The molecule has 0 saturated heterocycles. The monoisotopic (exact) mass is 353 g/mol. The predicted molar refractivity (Wildman–Crippen MR) is 97.2 cm³/mol. The van der Waals surface area contributed by atoms with E-state index in [1.54, 1.807) is 13.2 Å². The van der Waals surface area contributed by atoms with Crippen molar-refractivity contribution in [1.82, 2.24) is 4.57 Å². The van der Waals surface area contributed by atoms with Crippen LogP contribution < -0.4 is 10.2 Å². The molecular weight excluding hydrogens is 337 g/mol. The number of aromatic nitrogens is 1. The summed E-state index contributed by atoms with van der Waals surface area (Å²) >= 11 is 0. The number of hydrogen-bond acceptors (Lipinski definition) is 3. The van der Waals surface area contributed by atoms with Crippen LogP contribution in [-0.4, -0.2) is 22.8 Å². The number of carbonyl (C=O) groups is 1. The Labute approximate surface area is 148 Å². The second-order valence-corrected chi connectivity index (χ2v) is 5.64. The lowest BCUT2D eigenvalue weighted by Gasteiger charge is -2.11. The molecule has 0 aliphatic rings. The fourth-order valence-electron chi connectivity index (χ4n) is 2.73. The third-order valence-electron chi connectivity index (χ3n) is 4.01. The summed E-state index contributed by atoms with van der Waals surface area (Å²) in [6.07, 6.45) is 4.77. The van der Waals surface area contributed by atoms with E-state index in [1.807, 2.05) is 30.3 Å². The lowest BCUT2D eigenvalue weighted by atomic mass is 10.1. The first kappa shape index (κ1) is 17.4. The van der Waals surface area contributed by atoms with Gasteiger partial charge in [-0.2, -0.15) is 0 Å². The van der Waals surface area contributed by atoms with Gasteiger partial charge in [0.15, 0.2) is 0 Å². The Bertz CT molecular complexity index is 1050. The minimum Gasteiger partial charge on any atom is -0.497 e. The average molecular weight is 353 g/mol. The van der Waals surface area contributed by atoms with Gasteiger partial charge in [-0.05, 0) is 29.8 Å². The number of allylic oxidation sites excluding steroid dienone is 1. The highest BCUT2D eigenvalue weighted by Gasteiger charge is 2.16. The van der Waals surface area contributed by atoms with Crippen molar-refractivity contribution < 1.29 is 19.0 Å². The van der Waals surface area contributed by atoms with Gasteiger partial charge >= 0.3 is 5.97 Å². The van der Waals surface area contributed by atoms with Crippen LogP contribution in [0.5, 0.6) is 5.75 Å². The van der Waals surface area contributed by atoms with E-state index in [1.165, 1.54) is 29.0 Å². The third kappa shape index (κ3) is 3.35. The minimum absolute atomic E-state index is 0.0442. The molecule has 0 aliphatic carbocycles. The number of para-hydroxylation sites is 1. The molecule has 0 amide bonds. The number of fused-ring (bicyclic) bond motifs is 1. The predicted octanol–water partition coefficient (Wildman–Crippen LogP) is 3.56. The van der Waals surface area contributed by atoms with Crippen molar-refractivity contribution in [2.24, 2.45) is 0 Å². The summed E-state index contributed by atoms with van der Waals surface area (Å²) in [4.78, 5) is 23.6. The third-order valence-corrected chi connectivity index (χ3v) is 4.01. The topological polar surface area (TPSA) is 68.5 Å². The van der Waals surface area contributed by atoms with E-state index in [2.05, 4.69) is 0 Å². The van der Waals surface area contributed by atoms with Gasteiger partial charge in [-0.3, -0.25) is 4.79 Å². The second-order valence-electron chi connectivity index (χ2n) is 5.64. The summed E-state index contributed by atoms with van der Waals surface area (Å²) in [5.41, 5.74) is -0.0831. The number of ether oxygens (including phenoxy) is 1. The summed E-state index contributed by atoms with van der Waals surface area (Å²) in [6.45, 7) is 0.212. The molecular formula is C20H16FNO4. The molecule has 26 heavy (non-hydrogen) atoms. The highest BCUT2D eigenvalue weighted by atomic mass is 19.1. The van der Waals surface area contributed by atoms with Gasteiger partial charge in [0.1, 0.15) is 17.1 Å². The normalized spacial score (nSPS) is 11.2. The smallest absolute Gasteiger partial charge is 0.341 e. The summed E-state index contributed by atoms with van der Waals surface area (Å²) in [6, 6.07) is 11.4. The quantitative estimate of drug-likeness (QED) is 0.761. The molecule has 0 fully saturated rings. The number of hydrogen-bond donors (Lipinski definition) is 1. The van der Waals surface area contributed by atoms with Crippen LogP contribution in [0.4, 0.5) is 4.39 Å². The molecule has 2 aromatic carbocycles. The number of halogens is 1. The lowest BCUT2D eigenvalue weighted by molar-refractivity contribution is 0.0695. The zero-order valence-electron chi connectivity index (χ0n) is 14.0. The van der Waals surface area contributed by atoms with Crippen molar-refractivity contribution in [2.75, 3.05) is 7.11 Å². The maximum atomic E-state index is 14.2. The van der Waals surface area contributed by atoms with Crippen LogP contribution >= 0.6 is 0 Å². The van der Waals surface area contributed by atoms with Crippen molar-refractivity contribution in [1.29, 1.82) is 0 Å². The van der Waals surface area contributed by atoms with Crippen LogP contribution in [0.1, 0.15) is 15.9 Å². The van der Waals surface area contributed by atoms with E-state index >= 15 is 0 Å². The molecule has 0 radical (unpaired) electrons. The van der Waals surface area contributed by atoms with Gasteiger partial charge in [0.05, 0.1) is 12.6 Å². The van der Waals surface area contributed by atoms with E-state index in [0.717, 1.165) is 11.3 Å². The van der Waals surface area contributed by atoms with Gasteiger partial charge in [-0.15, -0.1) is 0 Å². The Balaban J connectivity index is 2.00. The Hall–Kier alpha value is -3.41. The zero-order valence-corrected chi connectivity index (χ0v) is 14.0. The highest BCUT2D eigenvalue weighted by molar-refractivity contribution is 5.92. The molecule has 1 heterocycles. The molecule has 3 rings (SSSR count). The van der Waals surface area contributed by atoms with E-state index in [-0.39, 0.29) is 23.0 Å². The molecule has 0 atom stereocenters. The Morgan fingerprint density at radius 1 is 1.23 bits per heavy atom. The van der Waals surface area contributed by atoms with Crippen molar-refractivity contribution in [3.63, 3.8) is 0 Å². The first-order valence-electron chi connectivity index (χ1n) is 7.87. The molecule has 3 aromatic rings. The number of carboxylic acid groups (broad SMARTS) is 1. The van der Waals surface area contributed by atoms with Crippen LogP contribution in [0, 0.1) is 5.82 Å². The van der Waals surface area contributed by atoms with Gasteiger partial charge in [0.2, 0.25) is 5.43 Å². The Kier molecular flexibility index (Phi) is 4.84. The second kappa shape index (κ2) is 7.23. The largest absolute Gasteiger partial charge is 0.497 e. The first-order chi connectivity index (χ1) is 12.5. The molecule has 0 bridgehead atoms. The molecule has 1 aromatic heterocycles. The van der Waals surface area contributed by atoms with E-state index in [0.29, 0.717) is 0 Å². The molecule has 0 unspecified atom stereocenters. The summed E-state index contributed by atoms with van der Waals surface area (Å²) < 4.78 is 20.8. The molecule has 132 valence electrons. The number of rotatable bonds is 5. The van der Waals surface area contributed by atoms with E-state index < -0.39 is 17.2 Å². The van der Waals surface area contributed by atoms with Crippen LogP contribution in [0.2, 0.25) is 0 Å². The maximum absolute atomic E-state index is 14.2. The number of benzene rings is 2. The zero-order chi connectivity index (χ0) is 18.7. The fraction of sp³-hybridized carbons (Fsp3) is 0.100. The van der Waals surface area contributed by atoms with Gasteiger partial charge in [0.25, 0.3) is 0 Å². The standard InChI is InChI=1S/C20H16FNO4/c1-26-14-9-7-13(8-10-14)4-3-11-22-12-16(20(24)25)19(23)15-5-2-6-17(21)18(15)22/h2-10,12H,11H2,1H3,(H,24,25)/b4-3+. The van der Waals surface area contributed by atoms with Gasteiger partial charge in [0, 0.05) is 18.1 Å². The van der Waals surface area contributed by atoms with E-state index in [9.17, 15) is 19.1 Å². The summed E-state index contributed by atoms with van der Waals surface area (Å²) in [5, 5.41) is 9.28. The first-order valence-corrected chi connectivity index (χ1v) is 7.87. The number of carboxylic acids is 1. The van der Waals surface area contributed by atoms with E-state index in [4.69, 9.17) is 4.74 Å². The number of nitrogens with zero attached hydrogens (tertiary/aromatic N) is 1. The van der Waals surface area contributed by atoms with Crippen molar-refractivity contribution in [3.05, 3.63) is 81.9 Å². The van der Waals surface area contributed by atoms with Crippen LogP contribution in [0.3, 0.4) is 0 Å². The fourth-order valence-corrected chi connectivity index (χ4v) is 2.73. The molecule has 1 N–H and O–H groups in total. The molecule has 0 spiro atoms. The molecule has 5 nitrogen and oxygen atoms in total. The Morgan fingerprint density at radius 3 is 2.62 bits per heavy atom. The SMILES string of the molecule is COc1ccc(/C=C/Cn2cc(C(=O)O)c(=O)c3cccc(F)c32)cc1. The van der Waals surface area contributed by atoms with Crippen LogP contribution in [-0.2, 0) is 6.54 Å². The molecule has 0 aliphatic heterocycles. The van der Waals surface area contributed by atoms with Crippen LogP contribution in [0.25, 0.3) is 17.0 Å². The van der Waals surface area contributed by atoms with Crippen LogP contribution in [0.15, 0.2) is 59.5 Å². The minimum atomic E-state index is -1.34.